The molecule has 0 saturated carbocycles. The van der Waals surface area contributed by atoms with Gasteiger partial charge in [-0.15, -0.1) is 0 Å². The van der Waals surface area contributed by atoms with Gasteiger partial charge in [0.2, 0.25) is 10.0 Å². The van der Waals surface area contributed by atoms with Gasteiger partial charge in [-0.1, -0.05) is 39.0 Å². The van der Waals surface area contributed by atoms with E-state index in [1.807, 2.05) is 0 Å². The van der Waals surface area contributed by atoms with Gasteiger partial charge in [-0.05, 0) is 6.42 Å². The van der Waals surface area contributed by atoms with E-state index in [0.29, 0.717) is 6.54 Å². The second kappa shape index (κ2) is 7.33. The standard InChI is InChI=1S/C9H21NO2S/c1-3-4-5-6-7-8-9-10-13(2,11)12/h10H,3-9H2,1-2H3. The molecule has 0 spiro atoms. The maximum atomic E-state index is 10.7. The van der Waals surface area contributed by atoms with Gasteiger partial charge in [0.25, 0.3) is 0 Å². The predicted octanol–water partition coefficient (Wildman–Crippen LogP) is 1.90. The van der Waals surface area contributed by atoms with E-state index < -0.39 is 10.0 Å². The molecule has 0 aliphatic rings. The number of unbranched alkanes of at least 4 members (excludes halogenated alkanes) is 5. The van der Waals surface area contributed by atoms with Gasteiger partial charge in [-0.25, -0.2) is 13.1 Å². The Labute approximate surface area is 82.0 Å². The Hall–Kier alpha value is -0.0900. The minimum Gasteiger partial charge on any atom is -0.215 e. The summed E-state index contributed by atoms with van der Waals surface area (Å²) < 4.78 is 23.8. The molecule has 13 heavy (non-hydrogen) atoms. The SMILES string of the molecule is CCCCCCCCNS(C)(=O)=O. The highest BCUT2D eigenvalue weighted by molar-refractivity contribution is 7.88. The molecule has 0 amide bonds. The van der Waals surface area contributed by atoms with Crippen LogP contribution in [-0.2, 0) is 10.0 Å². The summed E-state index contributed by atoms with van der Waals surface area (Å²) in [6.45, 7) is 2.77. The van der Waals surface area contributed by atoms with Crippen molar-refractivity contribution in [2.45, 2.75) is 45.4 Å². The fourth-order valence-electron chi connectivity index (χ4n) is 1.16. The van der Waals surface area contributed by atoms with Gasteiger partial charge < -0.3 is 0 Å². The Morgan fingerprint density at radius 2 is 1.54 bits per heavy atom. The molecule has 0 aromatic rings. The van der Waals surface area contributed by atoms with Gasteiger partial charge in [0.05, 0.1) is 6.26 Å². The third-order valence-corrected chi connectivity index (χ3v) is 2.62. The van der Waals surface area contributed by atoms with Crippen LogP contribution in [0.25, 0.3) is 0 Å². The van der Waals surface area contributed by atoms with Gasteiger partial charge in [-0.2, -0.15) is 0 Å². The van der Waals surface area contributed by atoms with Crippen LogP contribution in [-0.4, -0.2) is 21.2 Å². The largest absolute Gasteiger partial charge is 0.215 e. The van der Waals surface area contributed by atoms with E-state index in [1.54, 1.807) is 0 Å². The van der Waals surface area contributed by atoms with Crippen molar-refractivity contribution in [3.8, 4) is 0 Å². The fourth-order valence-corrected chi connectivity index (χ4v) is 1.68. The minimum absolute atomic E-state index is 0.588. The zero-order valence-corrected chi connectivity index (χ0v) is 9.49. The number of sulfonamides is 1. The molecule has 0 aromatic heterocycles. The Morgan fingerprint density at radius 3 is 2.08 bits per heavy atom. The lowest BCUT2D eigenvalue weighted by atomic mass is 10.1. The number of hydrogen-bond donors (Lipinski definition) is 1. The van der Waals surface area contributed by atoms with Crippen molar-refractivity contribution in [1.29, 1.82) is 0 Å². The van der Waals surface area contributed by atoms with Crippen molar-refractivity contribution in [1.82, 2.24) is 4.72 Å². The van der Waals surface area contributed by atoms with Crippen LogP contribution in [0.15, 0.2) is 0 Å². The van der Waals surface area contributed by atoms with Crippen molar-refractivity contribution in [2.75, 3.05) is 12.8 Å². The van der Waals surface area contributed by atoms with Crippen LogP contribution < -0.4 is 4.72 Å². The summed E-state index contributed by atoms with van der Waals surface area (Å²) in [5.41, 5.74) is 0. The lowest BCUT2D eigenvalue weighted by Gasteiger charge is -2.01. The highest BCUT2D eigenvalue weighted by Gasteiger charge is 1.97. The predicted molar refractivity (Wildman–Crippen MR) is 56.2 cm³/mol. The molecule has 0 aliphatic carbocycles. The molecule has 0 aliphatic heterocycles. The molecule has 0 fully saturated rings. The van der Waals surface area contributed by atoms with Crippen molar-refractivity contribution in [3.63, 3.8) is 0 Å². The normalized spacial score (nSPS) is 11.8. The second-order valence-electron chi connectivity index (χ2n) is 3.43. The Morgan fingerprint density at radius 1 is 1.00 bits per heavy atom. The molecule has 0 heterocycles. The van der Waals surface area contributed by atoms with Crippen LogP contribution in [0.2, 0.25) is 0 Å². The Kier molecular flexibility index (Phi) is 7.28. The monoisotopic (exact) mass is 207 g/mol. The molecular formula is C9H21NO2S. The average molecular weight is 207 g/mol. The van der Waals surface area contributed by atoms with Crippen molar-refractivity contribution in [3.05, 3.63) is 0 Å². The van der Waals surface area contributed by atoms with Crippen molar-refractivity contribution in [2.24, 2.45) is 0 Å². The van der Waals surface area contributed by atoms with Crippen molar-refractivity contribution >= 4 is 10.0 Å². The van der Waals surface area contributed by atoms with E-state index in [4.69, 9.17) is 0 Å². The molecule has 0 rings (SSSR count). The quantitative estimate of drug-likeness (QED) is 0.618. The van der Waals surface area contributed by atoms with Crippen LogP contribution in [0.5, 0.6) is 0 Å². The molecule has 4 heteroatoms. The number of hydrogen-bond acceptors (Lipinski definition) is 2. The van der Waals surface area contributed by atoms with E-state index >= 15 is 0 Å². The topological polar surface area (TPSA) is 46.2 Å². The molecule has 0 aromatic carbocycles. The summed E-state index contributed by atoms with van der Waals surface area (Å²) in [6, 6.07) is 0. The van der Waals surface area contributed by atoms with Crippen molar-refractivity contribution < 1.29 is 8.42 Å². The molecule has 0 bridgehead atoms. The van der Waals surface area contributed by atoms with Gasteiger partial charge in [0, 0.05) is 6.54 Å². The van der Waals surface area contributed by atoms with Gasteiger partial charge >= 0.3 is 0 Å². The smallest absolute Gasteiger partial charge is 0.208 e. The van der Waals surface area contributed by atoms with E-state index in [2.05, 4.69) is 11.6 Å². The first-order chi connectivity index (χ1) is 6.06. The van der Waals surface area contributed by atoms with E-state index in [0.717, 1.165) is 12.8 Å². The number of rotatable bonds is 8. The maximum Gasteiger partial charge on any atom is 0.208 e. The Bertz CT molecular complexity index is 200. The first-order valence-electron chi connectivity index (χ1n) is 5.01. The van der Waals surface area contributed by atoms with Gasteiger partial charge in [0.15, 0.2) is 0 Å². The summed E-state index contributed by atoms with van der Waals surface area (Å²) >= 11 is 0. The molecule has 0 atom stereocenters. The van der Waals surface area contributed by atoms with E-state index in [-0.39, 0.29) is 0 Å². The minimum atomic E-state index is -2.97. The molecule has 0 radical (unpaired) electrons. The molecule has 3 nitrogen and oxygen atoms in total. The summed E-state index contributed by atoms with van der Waals surface area (Å²) in [4.78, 5) is 0. The zero-order valence-electron chi connectivity index (χ0n) is 8.67. The average Bonchev–Trinajstić information content (AvgIpc) is 2.01. The highest BCUT2D eigenvalue weighted by Crippen LogP contribution is 2.03. The second-order valence-corrected chi connectivity index (χ2v) is 5.27. The van der Waals surface area contributed by atoms with Gasteiger partial charge in [0.1, 0.15) is 0 Å². The molecule has 80 valence electrons. The third kappa shape index (κ3) is 11.9. The summed E-state index contributed by atoms with van der Waals surface area (Å²) in [7, 11) is -2.97. The lowest BCUT2D eigenvalue weighted by Crippen LogP contribution is -2.22. The maximum absolute atomic E-state index is 10.7. The highest BCUT2D eigenvalue weighted by atomic mass is 32.2. The third-order valence-electron chi connectivity index (χ3n) is 1.89. The fraction of sp³-hybridized carbons (Fsp3) is 1.00. The first kappa shape index (κ1) is 12.9. The molecule has 1 N–H and O–H groups in total. The molecule has 0 unspecified atom stereocenters. The zero-order chi connectivity index (χ0) is 10.2. The summed E-state index contributed by atoms with van der Waals surface area (Å²) in [5.74, 6) is 0. The van der Waals surface area contributed by atoms with E-state index in [1.165, 1.54) is 31.9 Å². The summed E-state index contributed by atoms with van der Waals surface area (Å²) in [6.07, 6.45) is 8.32. The van der Waals surface area contributed by atoms with E-state index in [9.17, 15) is 8.42 Å². The molecule has 0 saturated heterocycles. The van der Waals surface area contributed by atoms with Gasteiger partial charge in [-0.3, -0.25) is 0 Å². The van der Waals surface area contributed by atoms with Crippen LogP contribution in [0.3, 0.4) is 0 Å². The number of nitrogens with one attached hydrogen (secondary N) is 1. The van der Waals surface area contributed by atoms with Crippen LogP contribution in [0, 0.1) is 0 Å². The summed E-state index contributed by atoms with van der Waals surface area (Å²) in [5, 5.41) is 0. The molecular weight excluding hydrogens is 186 g/mol. The van der Waals surface area contributed by atoms with Crippen LogP contribution in [0.4, 0.5) is 0 Å². The van der Waals surface area contributed by atoms with Crippen LogP contribution in [0.1, 0.15) is 45.4 Å². The van der Waals surface area contributed by atoms with Crippen LogP contribution >= 0.6 is 0 Å². The lowest BCUT2D eigenvalue weighted by molar-refractivity contribution is 0.572. The Balaban J connectivity index is 3.09. The first-order valence-corrected chi connectivity index (χ1v) is 6.90.